The minimum Gasteiger partial charge on any atom is -0.495 e. The second-order valence-corrected chi connectivity index (χ2v) is 8.43. The molecule has 4 aromatic rings. The van der Waals surface area contributed by atoms with Gasteiger partial charge < -0.3 is 9.30 Å². The molecule has 1 aromatic carbocycles. The van der Waals surface area contributed by atoms with Gasteiger partial charge in [-0.25, -0.2) is 14.6 Å². The third-order valence-corrected chi connectivity index (χ3v) is 6.38. The second-order valence-electron chi connectivity index (χ2n) is 7.45. The summed E-state index contributed by atoms with van der Waals surface area (Å²) in [6.45, 7) is 2.91. The Morgan fingerprint density at radius 3 is 2.93 bits per heavy atom. The van der Waals surface area contributed by atoms with Gasteiger partial charge in [-0.05, 0) is 55.0 Å². The zero-order valence-corrected chi connectivity index (χ0v) is 17.8. The number of ether oxygens (including phenoxy) is 1. The number of methoxy groups -OCH3 is 1. The number of nitrogens with zero attached hydrogens (tertiary/aromatic N) is 5. The molecule has 0 N–H and O–H groups in total. The summed E-state index contributed by atoms with van der Waals surface area (Å²) in [6.07, 6.45) is 10.1. The van der Waals surface area contributed by atoms with E-state index in [0.717, 1.165) is 53.7 Å². The maximum absolute atomic E-state index is 5.61. The lowest BCUT2D eigenvalue weighted by Crippen LogP contribution is -2.17. The van der Waals surface area contributed by atoms with Crippen LogP contribution in [0.4, 0.5) is 0 Å². The first-order valence-corrected chi connectivity index (χ1v) is 10.9. The summed E-state index contributed by atoms with van der Waals surface area (Å²) in [5.74, 6) is 2.98. The summed E-state index contributed by atoms with van der Waals surface area (Å²) in [7, 11) is 1.69. The average molecular weight is 418 g/mol. The Bertz CT molecular complexity index is 1190. The highest BCUT2D eigenvalue weighted by molar-refractivity contribution is 7.10. The molecule has 1 aliphatic rings. The number of rotatable bonds is 5. The molecule has 0 amide bonds. The molecular weight excluding hydrogens is 394 g/mol. The fraction of sp³-hybridized carbons (Fsp3) is 0.261. The van der Waals surface area contributed by atoms with E-state index in [1.54, 1.807) is 24.8 Å². The number of thiophene rings is 1. The Kier molecular flexibility index (Phi) is 4.96. The molecule has 7 heteroatoms. The molecule has 30 heavy (non-hydrogen) atoms. The van der Waals surface area contributed by atoms with E-state index in [1.807, 2.05) is 42.0 Å². The van der Waals surface area contributed by atoms with Crippen LogP contribution in [0.25, 0.3) is 17.8 Å². The average Bonchev–Trinajstić information content (AvgIpc) is 3.52. The highest BCUT2D eigenvalue weighted by Gasteiger charge is 2.25. The fourth-order valence-corrected chi connectivity index (χ4v) is 4.79. The topological polar surface area (TPSA) is 57.8 Å². The van der Waals surface area contributed by atoms with Gasteiger partial charge in [0.05, 0.1) is 30.7 Å². The van der Waals surface area contributed by atoms with Gasteiger partial charge in [-0.15, -0.1) is 11.3 Å². The van der Waals surface area contributed by atoms with E-state index in [0.29, 0.717) is 5.92 Å². The van der Waals surface area contributed by atoms with Crippen LogP contribution >= 0.6 is 11.3 Å². The zero-order chi connectivity index (χ0) is 20.5. The molecule has 5 rings (SSSR count). The summed E-state index contributed by atoms with van der Waals surface area (Å²) in [5, 5.41) is 6.85. The van der Waals surface area contributed by atoms with Crippen LogP contribution in [0.3, 0.4) is 0 Å². The zero-order valence-electron chi connectivity index (χ0n) is 17.0. The summed E-state index contributed by atoms with van der Waals surface area (Å²) in [4.78, 5) is 10.5. The van der Waals surface area contributed by atoms with E-state index in [9.17, 15) is 0 Å². The molecule has 0 saturated heterocycles. The number of benzene rings is 1. The van der Waals surface area contributed by atoms with Gasteiger partial charge in [0, 0.05) is 17.6 Å². The lowest BCUT2D eigenvalue weighted by atomic mass is 9.97. The lowest BCUT2D eigenvalue weighted by Gasteiger charge is -2.20. The van der Waals surface area contributed by atoms with E-state index in [2.05, 4.69) is 33.2 Å². The quantitative estimate of drug-likeness (QED) is 0.462. The first-order valence-electron chi connectivity index (χ1n) is 10.1. The maximum Gasteiger partial charge on any atom is 0.174 e. The molecule has 0 radical (unpaired) electrons. The minimum absolute atomic E-state index is 0.353. The van der Waals surface area contributed by atoms with E-state index >= 15 is 0 Å². The van der Waals surface area contributed by atoms with Crippen LogP contribution < -0.4 is 4.74 Å². The fourth-order valence-electron chi connectivity index (χ4n) is 3.93. The van der Waals surface area contributed by atoms with Gasteiger partial charge in [0.2, 0.25) is 0 Å². The van der Waals surface area contributed by atoms with Crippen LogP contribution in [0.5, 0.6) is 5.75 Å². The molecule has 0 bridgehead atoms. The van der Waals surface area contributed by atoms with Crippen LogP contribution in [0.1, 0.15) is 46.5 Å². The van der Waals surface area contributed by atoms with Crippen LogP contribution in [0.2, 0.25) is 0 Å². The highest BCUT2D eigenvalue weighted by Crippen LogP contribution is 2.34. The summed E-state index contributed by atoms with van der Waals surface area (Å²) in [5.41, 5.74) is 2.97. The Labute approximate surface area is 179 Å². The second kappa shape index (κ2) is 7.91. The number of hydrogen-bond donors (Lipinski definition) is 0. The molecule has 0 aliphatic carbocycles. The van der Waals surface area contributed by atoms with Crippen LogP contribution in [-0.4, -0.2) is 31.4 Å². The van der Waals surface area contributed by atoms with Gasteiger partial charge in [0.25, 0.3) is 0 Å². The van der Waals surface area contributed by atoms with Crippen molar-refractivity contribution in [3.05, 3.63) is 76.0 Å². The van der Waals surface area contributed by atoms with Crippen molar-refractivity contribution in [3.8, 4) is 11.4 Å². The number of imidazole rings is 1. The molecule has 1 aliphatic heterocycles. The van der Waals surface area contributed by atoms with Gasteiger partial charge in [-0.1, -0.05) is 18.2 Å². The summed E-state index contributed by atoms with van der Waals surface area (Å²) in [6, 6.07) is 10.4. The van der Waals surface area contributed by atoms with Crippen molar-refractivity contribution < 1.29 is 4.74 Å². The standard InChI is InChI=1S/C23H23N5OS/c1-16-14-27(15-24-16)19-9-7-17(13-20(19)29-2)8-10-22-25-23-18(21-6-4-12-30-21)5-3-11-28(23)26-22/h4,6-10,12-15,18H,3,5,11H2,1-2H3. The highest BCUT2D eigenvalue weighted by atomic mass is 32.1. The molecule has 152 valence electrons. The van der Waals surface area contributed by atoms with E-state index in [4.69, 9.17) is 14.8 Å². The van der Waals surface area contributed by atoms with Gasteiger partial charge in [0.15, 0.2) is 5.82 Å². The van der Waals surface area contributed by atoms with Crippen molar-refractivity contribution in [2.45, 2.75) is 32.2 Å². The van der Waals surface area contributed by atoms with Crippen molar-refractivity contribution >= 4 is 23.5 Å². The van der Waals surface area contributed by atoms with Gasteiger partial charge >= 0.3 is 0 Å². The Hall–Kier alpha value is -3.19. The van der Waals surface area contributed by atoms with Crippen LogP contribution in [0.15, 0.2) is 48.2 Å². The number of fused-ring (bicyclic) bond motifs is 1. The molecule has 3 aromatic heterocycles. The first kappa shape index (κ1) is 18.8. The van der Waals surface area contributed by atoms with Gasteiger partial charge in [0.1, 0.15) is 11.6 Å². The predicted molar refractivity (Wildman–Crippen MR) is 119 cm³/mol. The largest absolute Gasteiger partial charge is 0.495 e. The minimum atomic E-state index is 0.353. The normalized spacial score (nSPS) is 16.1. The molecule has 1 unspecified atom stereocenters. The van der Waals surface area contributed by atoms with Crippen molar-refractivity contribution in [1.29, 1.82) is 0 Å². The predicted octanol–water partition coefficient (Wildman–Crippen LogP) is 4.94. The Morgan fingerprint density at radius 2 is 2.17 bits per heavy atom. The van der Waals surface area contributed by atoms with E-state index in [1.165, 1.54) is 4.88 Å². The molecule has 0 fully saturated rings. The van der Waals surface area contributed by atoms with E-state index in [-0.39, 0.29) is 0 Å². The number of aromatic nitrogens is 5. The Balaban J connectivity index is 1.41. The van der Waals surface area contributed by atoms with Crippen molar-refractivity contribution in [2.75, 3.05) is 7.11 Å². The van der Waals surface area contributed by atoms with Gasteiger partial charge in [-0.3, -0.25) is 0 Å². The third-order valence-electron chi connectivity index (χ3n) is 5.40. The lowest BCUT2D eigenvalue weighted by molar-refractivity contribution is 0.413. The van der Waals surface area contributed by atoms with Crippen LogP contribution in [-0.2, 0) is 6.54 Å². The maximum atomic E-state index is 5.61. The molecule has 0 spiro atoms. The molecule has 1 atom stereocenters. The molecule has 6 nitrogen and oxygen atoms in total. The molecular formula is C23H23N5OS. The number of hydrogen-bond acceptors (Lipinski definition) is 5. The molecule has 0 saturated carbocycles. The van der Waals surface area contributed by atoms with Crippen molar-refractivity contribution in [3.63, 3.8) is 0 Å². The van der Waals surface area contributed by atoms with Crippen LogP contribution in [0, 0.1) is 6.92 Å². The van der Waals surface area contributed by atoms with Crippen molar-refractivity contribution in [2.24, 2.45) is 0 Å². The monoisotopic (exact) mass is 417 g/mol. The first-order chi connectivity index (χ1) is 14.7. The van der Waals surface area contributed by atoms with E-state index < -0.39 is 0 Å². The number of aryl methyl sites for hydroxylation is 2. The SMILES string of the molecule is COc1cc(C=Cc2nc3n(n2)CCCC3c2cccs2)ccc1-n1cnc(C)c1. The third kappa shape index (κ3) is 3.57. The summed E-state index contributed by atoms with van der Waals surface area (Å²) >= 11 is 1.80. The van der Waals surface area contributed by atoms with Crippen molar-refractivity contribution in [1.82, 2.24) is 24.3 Å². The Morgan fingerprint density at radius 1 is 1.23 bits per heavy atom. The summed E-state index contributed by atoms with van der Waals surface area (Å²) < 4.78 is 9.64. The molecule has 4 heterocycles. The van der Waals surface area contributed by atoms with Gasteiger partial charge in [-0.2, -0.15) is 5.10 Å². The smallest absolute Gasteiger partial charge is 0.174 e.